The summed E-state index contributed by atoms with van der Waals surface area (Å²) in [5.41, 5.74) is 0. The Morgan fingerprint density at radius 3 is 2.86 bits per heavy atom. The summed E-state index contributed by atoms with van der Waals surface area (Å²) in [4.78, 5) is 24.5. The number of rotatable bonds is 2. The second-order valence-electron chi connectivity index (χ2n) is 3.64. The van der Waals surface area contributed by atoms with Crippen LogP contribution in [0.4, 0.5) is 4.79 Å². The van der Waals surface area contributed by atoms with E-state index in [1.807, 2.05) is 6.92 Å². The Kier molecular flexibility index (Phi) is 2.41. The Morgan fingerprint density at radius 2 is 2.36 bits per heavy atom. The van der Waals surface area contributed by atoms with Crippen molar-refractivity contribution in [3.05, 3.63) is 0 Å². The lowest BCUT2D eigenvalue weighted by Crippen LogP contribution is -2.41. The zero-order chi connectivity index (χ0) is 10.1. The van der Waals surface area contributed by atoms with E-state index in [4.69, 9.17) is 4.74 Å². The monoisotopic (exact) mass is 198 g/mol. The molecule has 5 nitrogen and oxygen atoms in total. The second-order valence-corrected chi connectivity index (χ2v) is 3.64. The van der Waals surface area contributed by atoms with Crippen LogP contribution in [-0.4, -0.2) is 42.1 Å². The normalized spacial score (nSPS) is 32.5. The van der Waals surface area contributed by atoms with Gasteiger partial charge in [-0.25, -0.2) is 4.79 Å². The highest BCUT2D eigenvalue weighted by Crippen LogP contribution is 2.18. The largest absolute Gasteiger partial charge is 0.379 e. The summed E-state index contributed by atoms with van der Waals surface area (Å²) < 4.78 is 5.16. The van der Waals surface area contributed by atoms with Crippen molar-refractivity contribution in [2.75, 3.05) is 13.2 Å². The van der Waals surface area contributed by atoms with E-state index >= 15 is 0 Å². The molecule has 78 valence electrons. The first-order chi connectivity index (χ1) is 6.74. The van der Waals surface area contributed by atoms with Gasteiger partial charge in [0.05, 0.1) is 12.6 Å². The van der Waals surface area contributed by atoms with E-state index in [1.54, 1.807) is 0 Å². The fourth-order valence-electron chi connectivity index (χ4n) is 1.90. The molecule has 2 heterocycles. The fraction of sp³-hybridized carbons (Fsp3) is 0.778. The van der Waals surface area contributed by atoms with E-state index in [0.717, 1.165) is 6.42 Å². The van der Waals surface area contributed by atoms with E-state index in [2.05, 4.69) is 5.32 Å². The maximum Gasteiger partial charge on any atom is 0.325 e. The second kappa shape index (κ2) is 3.57. The van der Waals surface area contributed by atoms with Crippen molar-refractivity contribution >= 4 is 11.9 Å². The van der Waals surface area contributed by atoms with Gasteiger partial charge in [-0.2, -0.15) is 0 Å². The maximum absolute atomic E-state index is 11.7. The van der Waals surface area contributed by atoms with E-state index in [1.165, 1.54) is 4.90 Å². The molecule has 2 unspecified atom stereocenters. The topological polar surface area (TPSA) is 58.6 Å². The van der Waals surface area contributed by atoms with Crippen LogP contribution >= 0.6 is 0 Å². The van der Waals surface area contributed by atoms with Crippen LogP contribution in [0.5, 0.6) is 0 Å². The van der Waals surface area contributed by atoms with Gasteiger partial charge in [-0.1, -0.05) is 6.92 Å². The third kappa shape index (κ3) is 1.37. The molecule has 0 aliphatic carbocycles. The number of hydrogen-bond acceptors (Lipinski definition) is 3. The first-order valence-corrected chi connectivity index (χ1v) is 4.95. The summed E-state index contributed by atoms with van der Waals surface area (Å²) in [5, 5.41) is 2.66. The zero-order valence-electron chi connectivity index (χ0n) is 8.16. The van der Waals surface area contributed by atoms with Gasteiger partial charge in [-0.05, 0) is 12.8 Å². The molecule has 0 spiro atoms. The van der Waals surface area contributed by atoms with Gasteiger partial charge >= 0.3 is 6.03 Å². The van der Waals surface area contributed by atoms with Crippen molar-refractivity contribution in [1.29, 1.82) is 0 Å². The average molecular weight is 198 g/mol. The number of imide groups is 1. The fourth-order valence-corrected chi connectivity index (χ4v) is 1.90. The van der Waals surface area contributed by atoms with Crippen molar-refractivity contribution in [3.8, 4) is 0 Å². The summed E-state index contributed by atoms with van der Waals surface area (Å²) >= 11 is 0. The highest BCUT2D eigenvalue weighted by Gasteiger charge is 2.42. The summed E-state index contributed by atoms with van der Waals surface area (Å²) in [6.07, 6.45) is 1.41. The molecule has 5 heteroatoms. The van der Waals surface area contributed by atoms with Crippen molar-refractivity contribution in [2.24, 2.45) is 0 Å². The summed E-state index contributed by atoms with van der Waals surface area (Å²) in [6, 6.07) is -0.653. The minimum absolute atomic E-state index is 0.0564. The van der Waals surface area contributed by atoms with Gasteiger partial charge < -0.3 is 10.1 Å². The van der Waals surface area contributed by atoms with E-state index in [9.17, 15) is 9.59 Å². The van der Waals surface area contributed by atoms with Crippen molar-refractivity contribution in [3.63, 3.8) is 0 Å². The number of amides is 3. The van der Waals surface area contributed by atoms with E-state index in [-0.39, 0.29) is 24.0 Å². The summed E-state index contributed by atoms with van der Waals surface area (Å²) in [7, 11) is 0. The molecule has 2 fully saturated rings. The Bertz CT molecular complexity index is 261. The lowest BCUT2D eigenvalue weighted by atomic mass is 10.2. The molecule has 2 aliphatic heterocycles. The molecular weight excluding hydrogens is 184 g/mol. The minimum Gasteiger partial charge on any atom is -0.379 e. The number of urea groups is 1. The number of nitrogens with zero attached hydrogens (tertiary/aromatic N) is 1. The highest BCUT2D eigenvalue weighted by molar-refractivity contribution is 6.04. The van der Waals surface area contributed by atoms with Gasteiger partial charge in [-0.15, -0.1) is 0 Å². The molecule has 1 N–H and O–H groups in total. The molecule has 2 atom stereocenters. The lowest BCUT2D eigenvalue weighted by Gasteiger charge is -2.18. The zero-order valence-corrected chi connectivity index (χ0v) is 8.16. The van der Waals surface area contributed by atoms with Crippen LogP contribution in [0.1, 0.15) is 19.8 Å². The summed E-state index contributed by atoms with van der Waals surface area (Å²) in [6.45, 7) is 3.01. The van der Waals surface area contributed by atoms with Crippen LogP contribution < -0.4 is 5.32 Å². The molecule has 0 saturated carbocycles. The van der Waals surface area contributed by atoms with Gasteiger partial charge in [0.2, 0.25) is 0 Å². The van der Waals surface area contributed by atoms with Crippen molar-refractivity contribution in [1.82, 2.24) is 10.2 Å². The smallest absolute Gasteiger partial charge is 0.325 e. The SMILES string of the molecule is CCC1NC(=O)N(C2CCOC2)C1=O. The van der Waals surface area contributed by atoms with Crippen LogP contribution in [0.25, 0.3) is 0 Å². The van der Waals surface area contributed by atoms with Gasteiger partial charge in [0.15, 0.2) is 0 Å². The molecule has 2 rings (SSSR count). The van der Waals surface area contributed by atoms with Crippen LogP contribution in [-0.2, 0) is 9.53 Å². The van der Waals surface area contributed by atoms with Gasteiger partial charge in [0.25, 0.3) is 5.91 Å². The number of carbonyl (C=O) groups excluding carboxylic acids is 2. The predicted octanol–water partition coefficient (Wildman–Crippen LogP) is 0.106. The molecule has 0 radical (unpaired) electrons. The van der Waals surface area contributed by atoms with Gasteiger partial charge in [-0.3, -0.25) is 9.69 Å². The molecule has 0 aromatic heterocycles. The Balaban J connectivity index is 2.10. The standard InChI is InChI=1S/C9H14N2O3/c1-2-7-8(12)11(9(13)10-7)6-3-4-14-5-6/h6-7H,2-5H2,1H3,(H,10,13). The third-order valence-electron chi connectivity index (χ3n) is 2.73. The van der Waals surface area contributed by atoms with Crippen molar-refractivity contribution in [2.45, 2.75) is 31.8 Å². The Labute approximate surface area is 82.4 Å². The molecule has 0 aromatic rings. The molecule has 2 aliphatic rings. The van der Waals surface area contributed by atoms with Gasteiger partial charge in [0.1, 0.15) is 6.04 Å². The van der Waals surface area contributed by atoms with E-state index in [0.29, 0.717) is 19.6 Å². The number of hydrogen-bond donors (Lipinski definition) is 1. The molecule has 0 bridgehead atoms. The van der Waals surface area contributed by atoms with Crippen LogP contribution in [0, 0.1) is 0 Å². The average Bonchev–Trinajstić information content (AvgIpc) is 2.74. The van der Waals surface area contributed by atoms with E-state index < -0.39 is 0 Å². The molecular formula is C9H14N2O3. The first-order valence-electron chi connectivity index (χ1n) is 4.95. The number of carbonyl (C=O) groups is 2. The number of nitrogens with one attached hydrogen (secondary N) is 1. The summed E-state index contributed by atoms with van der Waals surface area (Å²) in [5.74, 6) is -0.104. The lowest BCUT2D eigenvalue weighted by molar-refractivity contribution is -0.129. The van der Waals surface area contributed by atoms with Crippen LogP contribution in [0.3, 0.4) is 0 Å². The minimum atomic E-state index is -0.330. The van der Waals surface area contributed by atoms with Crippen LogP contribution in [0.2, 0.25) is 0 Å². The van der Waals surface area contributed by atoms with Crippen LogP contribution in [0.15, 0.2) is 0 Å². The molecule has 0 aromatic carbocycles. The maximum atomic E-state index is 11.7. The third-order valence-corrected chi connectivity index (χ3v) is 2.73. The first kappa shape index (κ1) is 9.45. The molecule has 2 saturated heterocycles. The Morgan fingerprint density at radius 1 is 1.57 bits per heavy atom. The predicted molar refractivity (Wildman–Crippen MR) is 48.7 cm³/mol. The van der Waals surface area contributed by atoms with Gasteiger partial charge in [0, 0.05) is 6.61 Å². The highest BCUT2D eigenvalue weighted by atomic mass is 16.5. The number of ether oxygens (including phenoxy) is 1. The molecule has 3 amide bonds. The van der Waals surface area contributed by atoms with Crippen molar-refractivity contribution < 1.29 is 14.3 Å². The quantitative estimate of drug-likeness (QED) is 0.640. The molecule has 14 heavy (non-hydrogen) atoms. The Hall–Kier alpha value is -1.10.